The number of carboxylic acids is 1. The average Bonchev–Trinajstić information content (AvgIpc) is 2.47. The molecule has 1 aromatic carbocycles. The van der Waals surface area contributed by atoms with E-state index in [4.69, 9.17) is 9.84 Å². The number of hydrogen-bond donors (Lipinski definition) is 1. The van der Waals surface area contributed by atoms with Gasteiger partial charge in [0.25, 0.3) is 0 Å². The van der Waals surface area contributed by atoms with Crippen LogP contribution in [0.15, 0.2) is 18.2 Å². The minimum absolute atomic E-state index is 0.316. The Kier molecular flexibility index (Phi) is 5.23. The molecule has 0 spiro atoms. The van der Waals surface area contributed by atoms with Crippen LogP contribution in [0.25, 0.3) is 0 Å². The van der Waals surface area contributed by atoms with Gasteiger partial charge in [-0.1, -0.05) is 6.92 Å². The first-order chi connectivity index (χ1) is 10.0. The molecule has 0 saturated heterocycles. The van der Waals surface area contributed by atoms with E-state index < -0.39 is 5.97 Å². The quantitative estimate of drug-likeness (QED) is 0.903. The van der Waals surface area contributed by atoms with E-state index in [0.717, 1.165) is 23.8 Å². The zero-order valence-electron chi connectivity index (χ0n) is 13.1. The molecule has 1 aliphatic rings. The van der Waals surface area contributed by atoms with Gasteiger partial charge in [0, 0.05) is 18.2 Å². The van der Waals surface area contributed by atoms with Gasteiger partial charge in [0.05, 0.1) is 12.7 Å². The Morgan fingerprint density at radius 2 is 2.00 bits per heavy atom. The predicted octanol–water partition coefficient (Wildman–Crippen LogP) is 3.40. The molecule has 0 aromatic heterocycles. The molecule has 1 aliphatic carbocycles. The van der Waals surface area contributed by atoms with Crippen LogP contribution in [0.5, 0.6) is 5.75 Å². The Bertz CT molecular complexity index is 493. The second-order valence-corrected chi connectivity index (χ2v) is 6.16. The summed E-state index contributed by atoms with van der Waals surface area (Å²) in [5.74, 6) is 0.698. The molecule has 0 radical (unpaired) electrons. The Morgan fingerprint density at radius 1 is 1.33 bits per heavy atom. The van der Waals surface area contributed by atoms with Crippen LogP contribution in [0.1, 0.15) is 48.5 Å². The summed E-state index contributed by atoms with van der Waals surface area (Å²) in [7, 11) is 3.75. The molecule has 1 aromatic rings. The maximum Gasteiger partial charge on any atom is 0.335 e. The zero-order chi connectivity index (χ0) is 15.4. The van der Waals surface area contributed by atoms with Gasteiger partial charge < -0.3 is 9.84 Å². The van der Waals surface area contributed by atoms with Gasteiger partial charge in [-0.05, 0) is 56.8 Å². The van der Waals surface area contributed by atoms with E-state index >= 15 is 0 Å². The highest BCUT2D eigenvalue weighted by atomic mass is 16.5. The highest BCUT2D eigenvalue weighted by Crippen LogP contribution is 2.29. The number of benzene rings is 1. The smallest absolute Gasteiger partial charge is 0.335 e. The first-order valence-electron chi connectivity index (χ1n) is 7.61. The molecule has 0 aliphatic heterocycles. The molecule has 1 fully saturated rings. The van der Waals surface area contributed by atoms with E-state index in [1.54, 1.807) is 25.3 Å². The third-order valence-corrected chi connectivity index (χ3v) is 4.56. The van der Waals surface area contributed by atoms with Crippen molar-refractivity contribution < 1.29 is 14.6 Å². The lowest BCUT2D eigenvalue weighted by Gasteiger charge is -2.33. The summed E-state index contributed by atoms with van der Waals surface area (Å²) in [6.07, 6.45) is 5.00. The van der Waals surface area contributed by atoms with Crippen LogP contribution < -0.4 is 4.74 Å². The minimum Gasteiger partial charge on any atom is -0.496 e. The highest BCUT2D eigenvalue weighted by Gasteiger charge is 2.22. The van der Waals surface area contributed by atoms with Gasteiger partial charge >= 0.3 is 5.97 Å². The highest BCUT2D eigenvalue weighted by molar-refractivity contribution is 5.88. The monoisotopic (exact) mass is 291 g/mol. The predicted molar refractivity (Wildman–Crippen MR) is 82.8 cm³/mol. The van der Waals surface area contributed by atoms with Crippen molar-refractivity contribution in [2.75, 3.05) is 14.2 Å². The van der Waals surface area contributed by atoms with Gasteiger partial charge in [-0.25, -0.2) is 4.79 Å². The van der Waals surface area contributed by atoms with Crippen LogP contribution in [0.4, 0.5) is 0 Å². The average molecular weight is 291 g/mol. The third kappa shape index (κ3) is 3.97. The van der Waals surface area contributed by atoms with Crippen LogP contribution >= 0.6 is 0 Å². The summed E-state index contributed by atoms with van der Waals surface area (Å²) in [5, 5.41) is 9.13. The first-order valence-corrected chi connectivity index (χ1v) is 7.61. The minimum atomic E-state index is -0.895. The molecule has 0 bridgehead atoms. The van der Waals surface area contributed by atoms with Gasteiger partial charge in [0.15, 0.2) is 0 Å². The first kappa shape index (κ1) is 15.8. The lowest BCUT2D eigenvalue weighted by atomic mass is 9.86. The Labute approximate surface area is 126 Å². The molecule has 0 atom stereocenters. The Hall–Kier alpha value is -1.55. The fraction of sp³-hybridized carbons (Fsp3) is 0.588. The van der Waals surface area contributed by atoms with Gasteiger partial charge in [-0.15, -0.1) is 0 Å². The molecule has 1 saturated carbocycles. The fourth-order valence-electron chi connectivity index (χ4n) is 3.12. The number of hydrogen-bond acceptors (Lipinski definition) is 3. The third-order valence-electron chi connectivity index (χ3n) is 4.56. The number of aromatic carboxylic acids is 1. The molecule has 2 rings (SSSR count). The lowest BCUT2D eigenvalue weighted by molar-refractivity contribution is 0.0696. The van der Waals surface area contributed by atoms with Crippen molar-refractivity contribution in [3.8, 4) is 5.75 Å². The SMILES string of the molecule is COc1ccc(C(=O)O)cc1CN(C)C1CCC(C)CC1. The normalized spacial score (nSPS) is 22.3. The van der Waals surface area contributed by atoms with E-state index in [2.05, 4.69) is 18.9 Å². The van der Waals surface area contributed by atoms with Gasteiger partial charge in [0.2, 0.25) is 0 Å². The maximum absolute atomic E-state index is 11.1. The summed E-state index contributed by atoms with van der Waals surface area (Å²) in [6.45, 7) is 3.04. The molecule has 116 valence electrons. The topological polar surface area (TPSA) is 49.8 Å². The fourth-order valence-corrected chi connectivity index (χ4v) is 3.12. The van der Waals surface area contributed by atoms with Gasteiger partial charge in [-0.3, -0.25) is 4.90 Å². The Morgan fingerprint density at radius 3 is 2.57 bits per heavy atom. The zero-order valence-corrected chi connectivity index (χ0v) is 13.1. The number of carbonyl (C=O) groups is 1. The van der Waals surface area contributed by atoms with Crippen LogP contribution in [-0.2, 0) is 6.54 Å². The lowest BCUT2D eigenvalue weighted by Crippen LogP contribution is -2.34. The van der Waals surface area contributed by atoms with E-state index in [0.29, 0.717) is 11.6 Å². The van der Waals surface area contributed by atoms with Gasteiger partial charge in [0.1, 0.15) is 5.75 Å². The van der Waals surface area contributed by atoms with Crippen molar-refractivity contribution in [2.45, 2.75) is 45.2 Å². The molecule has 21 heavy (non-hydrogen) atoms. The summed E-state index contributed by atoms with van der Waals surface area (Å²) < 4.78 is 5.37. The standard InChI is InChI=1S/C17H25NO3/c1-12-4-7-15(8-5-12)18(2)11-14-10-13(17(19)20)6-9-16(14)21-3/h6,9-10,12,15H,4-5,7-8,11H2,1-3H3,(H,19,20). The summed E-state index contributed by atoms with van der Waals surface area (Å²) in [4.78, 5) is 13.5. The summed E-state index contributed by atoms with van der Waals surface area (Å²) in [5.41, 5.74) is 1.26. The number of ether oxygens (including phenoxy) is 1. The van der Waals surface area contributed by atoms with E-state index in [1.165, 1.54) is 25.7 Å². The molecule has 1 N–H and O–H groups in total. The van der Waals surface area contributed by atoms with Crippen molar-refractivity contribution in [3.05, 3.63) is 29.3 Å². The second kappa shape index (κ2) is 6.94. The maximum atomic E-state index is 11.1. The second-order valence-electron chi connectivity index (χ2n) is 6.16. The van der Waals surface area contributed by atoms with Crippen LogP contribution in [0.2, 0.25) is 0 Å². The van der Waals surface area contributed by atoms with Crippen LogP contribution in [0.3, 0.4) is 0 Å². The van der Waals surface area contributed by atoms with Crippen molar-refractivity contribution in [1.29, 1.82) is 0 Å². The summed E-state index contributed by atoms with van der Waals surface area (Å²) in [6, 6.07) is 5.64. The van der Waals surface area contributed by atoms with E-state index in [9.17, 15) is 4.79 Å². The van der Waals surface area contributed by atoms with Crippen molar-refractivity contribution >= 4 is 5.97 Å². The number of nitrogens with zero attached hydrogens (tertiary/aromatic N) is 1. The molecule has 0 heterocycles. The largest absolute Gasteiger partial charge is 0.496 e. The van der Waals surface area contributed by atoms with E-state index in [1.807, 2.05) is 0 Å². The number of carboxylic acid groups (broad SMARTS) is 1. The van der Waals surface area contributed by atoms with E-state index in [-0.39, 0.29) is 0 Å². The molecule has 0 unspecified atom stereocenters. The van der Waals surface area contributed by atoms with Crippen molar-refractivity contribution in [2.24, 2.45) is 5.92 Å². The van der Waals surface area contributed by atoms with Gasteiger partial charge in [-0.2, -0.15) is 0 Å². The molecule has 4 heteroatoms. The molecule has 4 nitrogen and oxygen atoms in total. The van der Waals surface area contributed by atoms with Crippen LogP contribution in [0, 0.1) is 5.92 Å². The molecular formula is C17H25NO3. The van der Waals surface area contributed by atoms with Crippen LogP contribution in [-0.4, -0.2) is 36.2 Å². The molecule has 0 amide bonds. The number of rotatable bonds is 5. The van der Waals surface area contributed by atoms with Crippen molar-refractivity contribution in [1.82, 2.24) is 4.90 Å². The van der Waals surface area contributed by atoms with Crippen molar-refractivity contribution in [3.63, 3.8) is 0 Å². The molecular weight excluding hydrogens is 266 g/mol. The Balaban J connectivity index is 2.10. The summed E-state index contributed by atoms with van der Waals surface area (Å²) >= 11 is 0. The number of methoxy groups -OCH3 is 1.